The van der Waals surface area contributed by atoms with E-state index in [2.05, 4.69) is 15.6 Å². The molecule has 29 heavy (non-hydrogen) atoms. The van der Waals surface area contributed by atoms with Gasteiger partial charge in [0.25, 0.3) is 5.56 Å². The zero-order valence-electron chi connectivity index (χ0n) is 16.3. The molecule has 1 aliphatic heterocycles. The number of nitrogens with zero attached hydrogens (tertiary/aromatic N) is 3. The number of hydrogen-bond acceptors (Lipinski definition) is 7. The van der Waals surface area contributed by atoms with Gasteiger partial charge in [-0.3, -0.25) is 9.59 Å². The molecule has 1 amide bonds. The van der Waals surface area contributed by atoms with Gasteiger partial charge in [0.2, 0.25) is 5.91 Å². The summed E-state index contributed by atoms with van der Waals surface area (Å²) in [4.78, 5) is 25.3. The third kappa shape index (κ3) is 4.00. The fourth-order valence-electron chi connectivity index (χ4n) is 3.30. The van der Waals surface area contributed by atoms with Crippen molar-refractivity contribution < 1.29 is 18.5 Å². The number of rotatable bonds is 6. The van der Waals surface area contributed by atoms with E-state index in [9.17, 15) is 9.59 Å². The van der Waals surface area contributed by atoms with Gasteiger partial charge in [-0.1, -0.05) is 5.16 Å². The average Bonchev–Trinajstić information content (AvgIpc) is 3.47. The molecule has 0 aliphatic carbocycles. The van der Waals surface area contributed by atoms with Crippen LogP contribution in [-0.2, 0) is 9.53 Å². The Labute approximate surface area is 166 Å². The molecule has 1 saturated heterocycles. The van der Waals surface area contributed by atoms with E-state index in [4.69, 9.17) is 13.7 Å². The van der Waals surface area contributed by atoms with Gasteiger partial charge in [0.1, 0.15) is 11.7 Å². The standard InChI is InChI=1S/C20H22N4O5/c1-12-9-17(29-23-12)15-10-18(25)24(22-19(15)16-6-4-8-28-16)13(2)20(26)21-11-14-5-3-7-27-14/h4,6,8-10,13-14H,3,5,7,11H2,1-2H3,(H,21,26)/t13-,14-/m1/s1. The van der Waals surface area contributed by atoms with Gasteiger partial charge in [-0.2, -0.15) is 5.10 Å². The van der Waals surface area contributed by atoms with E-state index in [-0.39, 0.29) is 12.0 Å². The molecule has 9 heteroatoms. The van der Waals surface area contributed by atoms with Crippen LogP contribution in [0.4, 0.5) is 0 Å². The van der Waals surface area contributed by atoms with Crippen LogP contribution in [-0.4, -0.2) is 40.1 Å². The second-order valence-electron chi connectivity index (χ2n) is 7.06. The summed E-state index contributed by atoms with van der Waals surface area (Å²) < 4.78 is 17.5. The van der Waals surface area contributed by atoms with Crippen molar-refractivity contribution in [3.63, 3.8) is 0 Å². The van der Waals surface area contributed by atoms with E-state index in [1.165, 1.54) is 12.3 Å². The lowest BCUT2D eigenvalue weighted by Crippen LogP contribution is -2.40. The summed E-state index contributed by atoms with van der Waals surface area (Å²) in [6.45, 7) is 4.54. The molecule has 0 spiro atoms. The Morgan fingerprint density at radius 2 is 2.24 bits per heavy atom. The van der Waals surface area contributed by atoms with Crippen LogP contribution in [0.3, 0.4) is 0 Å². The van der Waals surface area contributed by atoms with Crippen molar-refractivity contribution in [2.24, 2.45) is 0 Å². The van der Waals surface area contributed by atoms with Crippen molar-refractivity contribution in [2.45, 2.75) is 38.8 Å². The van der Waals surface area contributed by atoms with Gasteiger partial charge in [-0.15, -0.1) is 0 Å². The number of carbonyl (C=O) groups is 1. The monoisotopic (exact) mass is 398 g/mol. The molecule has 3 aromatic rings. The molecule has 4 heterocycles. The number of furan rings is 1. The number of ether oxygens (including phenoxy) is 1. The maximum Gasteiger partial charge on any atom is 0.268 e. The van der Waals surface area contributed by atoms with Crippen LogP contribution in [0, 0.1) is 6.92 Å². The van der Waals surface area contributed by atoms with Gasteiger partial charge in [0.15, 0.2) is 11.5 Å². The van der Waals surface area contributed by atoms with E-state index >= 15 is 0 Å². The van der Waals surface area contributed by atoms with Gasteiger partial charge < -0.3 is 19.0 Å². The molecule has 1 N–H and O–H groups in total. The first-order valence-electron chi connectivity index (χ1n) is 9.53. The van der Waals surface area contributed by atoms with Crippen molar-refractivity contribution in [2.75, 3.05) is 13.2 Å². The maximum atomic E-state index is 12.8. The van der Waals surface area contributed by atoms with Crippen LogP contribution >= 0.6 is 0 Å². The second kappa shape index (κ2) is 8.04. The molecule has 0 radical (unpaired) electrons. The average molecular weight is 398 g/mol. The number of carbonyl (C=O) groups excluding carboxylic acids is 1. The van der Waals surface area contributed by atoms with Crippen LogP contribution < -0.4 is 10.9 Å². The summed E-state index contributed by atoms with van der Waals surface area (Å²) in [6, 6.07) is 5.74. The molecule has 0 saturated carbocycles. The SMILES string of the molecule is Cc1cc(-c2cc(=O)n([C@H](C)C(=O)NC[C@H]3CCCO3)nc2-c2ccco2)on1. The highest BCUT2D eigenvalue weighted by Crippen LogP contribution is 2.30. The van der Waals surface area contributed by atoms with Gasteiger partial charge in [0, 0.05) is 25.3 Å². The third-order valence-electron chi connectivity index (χ3n) is 4.88. The number of amides is 1. The van der Waals surface area contributed by atoms with Gasteiger partial charge in [0.05, 0.1) is 23.6 Å². The van der Waals surface area contributed by atoms with Crippen LogP contribution in [0.1, 0.15) is 31.5 Å². The molecular formula is C20H22N4O5. The molecule has 4 rings (SSSR count). The van der Waals surface area contributed by atoms with Crippen LogP contribution in [0.5, 0.6) is 0 Å². The summed E-state index contributed by atoms with van der Waals surface area (Å²) in [5.41, 5.74) is 1.10. The molecule has 0 aromatic carbocycles. The quantitative estimate of drug-likeness (QED) is 0.678. The van der Waals surface area contributed by atoms with E-state index in [0.29, 0.717) is 41.6 Å². The molecular weight excluding hydrogens is 376 g/mol. The number of nitrogens with one attached hydrogen (secondary N) is 1. The molecule has 9 nitrogen and oxygen atoms in total. The Morgan fingerprint density at radius 3 is 2.90 bits per heavy atom. The summed E-state index contributed by atoms with van der Waals surface area (Å²) in [5.74, 6) is 0.555. The lowest BCUT2D eigenvalue weighted by molar-refractivity contribution is -0.124. The highest BCUT2D eigenvalue weighted by molar-refractivity contribution is 5.80. The molecule has 0 unspecified atom stereocenters. The van der Waals surface area contributed by atoms with Crippen LogP contribution in [0.2, 0.25) is 0 Å². The normalized spacial score (nSPS) is 17.4. The molecule has 3 aromatic heterocycles. The van der Waals surface area contributed by atoms with Crippen LogP contribution in [0.15, 0.2) is 44.3 Å². The first kappa shape index (κ1) is 19.1. The molecule has 1 fully saturated rings. The smallest absolute Gasteiger partial charge is 0.268 e. The molecule has 0 bridgehead atoms. The predicted octanol–water partition coefficient (Wildman–Crippen LogP) is 2.32. The van der Waals surface area contributed by atoms with Crippen molar-refractivity contribution in [1.82, 2.24) is 20.3 Å². The van der Waals surface area contributed by atoms with E-state index < -0.39 is 11.6 Å². The Bertz CT molecular complexity index is 1050. The summed E-state index contributed by atoms with van der Waals surface area (Å²) in [5, 5.41) is 11.1. The molecule has 1 aliphatic rings. The van der Waals surface area contributed by atoms with Crippen molar-refractivity contribution in [3.05, 3.63) is 46.6 Å². The highest BCUT2D eigenvalue weighted by Gasteiger charge is 2.24. The zero-order chi connectivity index (χ0) is 20.4. The van der Waals surface area contributed by atoms with E-state index in [0.717, 1.165) is 17.5 Å². The number of hydrogen-bond donors (Lipinski definition) is 1. The predicted molar refractivity (Wildman–Crippen MR) is 103 cm³/mol. The van der Waals surface area contributed by atoms with Crippen LogP contribution in [0.25, 0.3) is 22.8 Å². The van der Waals surface area contributed by atoms with Crippen molar-refractivity contribution >= 4 is 5.91 Å². The van der Waals surface area contributed by atoms with Crippen molar-refractivity contribution in [1.29, 1.82) is 0 Å². The largest absolute Gasteiger partial charge is 0.463 e. The summed E-state index contributed by atoms with van der Waals surface area (Å²) in [6.07, 6.45) is 3.44. The fraction of sp³-hybridized carbons (Fsp3) is 0.400. The van der Waals surface area contributed by atoms with E-state index in [1.807, 2.05) is 0 Å². The Balaban J connectivity index is 1.66. The Morgan fingerprint density at radius 1 is 1.38 bits per heavy atom. The lowest BCUT2D eigenvalue weighted by atomic mass is 10.1. The summed E-state index contributed by atoms with van der Waals surface area (Å²) >= 11 is 0. The maximum absolute atomic E-state index is 12.8. The van der Waals surface area contributed by atoms with E-state index in [1.54, 1.807) is 32.0 Å². The minimum atomic E-state index is -0.803. The first-order valence-corrected chi connectivity index (χ1v) is 9.53. The minimum Gasteiger partial charge on any atom is -0.463 e. The zero-order valence-corrected chi connectivity index (χ0v) is 16.3. The topological polar surface area (TPSA) is 112 Å². The molecule has 152 valence electrons. The van der Waals surface area contributed by atoms with Gasteiger partial charge >= 0.3 is 0 Å². The minimum absolute atomic E-state index is 0.0200. The highest BCUT2D eigenvalue weighted by atomic mass is 16.5. The second-order valence-corrected chi connectivity index (χ2v) is 7.06. The van der Waals surface area contributed by atoms with Gasteiger partial charge in [-0.05, 0) is 38.8 Å². The lowest BCUT2D eigenvalue weighted by Gasteiger charge is -2.17. The number of aromatic nitrogens is 3. The summed E-state index contributed by atoms with van der Waals surface area (Å²) in [7, 11) is 0. The third-order valence-corrected chi connectivity index (χ3v) is 4.88. The Hall–Kier alpha value is -3.20. The fourth-order valence-corrected chi connectivity index (χ4v) is 3.30. The van der Waals surface area contributed by atoms with Gasteiger partial charge in [-0.25, -0.2) is 4.68 Å². The Kier molecular flexibility index (Phi) is 5.30. The first-order chi connectivity index (χ1) is 14.0. The molecule has 2 atom stereocenters. The van der Waals surface area contributed by atoms with Crippen molar-refractivity contribution in [3.8, 4) is 22.8 Å². The number of aryl methyl sites for hydroxylation is 1.